The number of ether oxygens (including phenoxy) is 1. The summed E-state index contributed by atoms with van der Waals surface area (Å²) in [6.07, 6.45) is -0.540. The van der Waals surface area contributed by atoms with Crippen molar-refractivity contribution in [1.82, 2.24) is 0 Å². The largest absolute Gasteiger partial charge is 0.479 e. The van der Waals surface area contributed by atoms with E-state index in [-0.39, 0.29) is 11.8 Å². The van der Waals surface area contributed by atoms with Crippen molar-refractivity contribution in [3.63, 3.8) is 0 Å². The highest BCUT2D eigenvalue weighted by Crippen LogP contribution is 2.32. The van der Waals surface area contributed by atoms with E-state index in [1.165, 1.54) is 18.2 Å². The zero-order valence-electron chi connectivity index (χ0n) is 13.8. The number of rotatable bonds is 4. The molecule has 7 heteroatoms. The first-order valence-electron chi connectivity index (χ1n) is 7.87. The van der Waals surface area contributed by atoms with E-state index >= 15 is 0 Å². The van der Waals surface area contributed by atoms with Gasteiger partial charge in [0, 0.05) is 11.4 Å². The second kappa shape index (κ2) is 6.80. The quantitative estimate of drug-likeness (QED) is 0.797. The summed E-state index contributed by atoms with van der Waals surface area (Å²) >= 11 is 0. The number of nitrogens with one attached hydrogen (secondary N) is 3. The Labute approximate surface area is 144 Å². The zero-order chi connectivity index (χ0) is 18.0. The Hall–Kier alpha value is -3.09. The van der Waals surface area contributed by atoms with Crippen LogP contribution in [0.15, 0.2) is 42.5 Å². The van der Waals surface area contributed by atoms with Gasteiger partial charge in [0.1, 0.15) is 17.6 Å². The molecule has 2 aromatic carbocycles. The van der Waals surface area contributed by atoms with Gasteiger partial charge in [0.25, 0.3) is 5.91 Å². The highest BCUT2D eigenvalue weighted by atomic mass is 19.1. The highest BCUT2D eigenvalue weighted by molar-refractivity contribution is 5.99. The van der Waals surface area contributed by atoms with E-state index in [9.17, 15) is 14.0 Å². The number of hydrogen-bond donors (Lipinski definition) is 3. The van der Waals surface area contributed by atoms with Gasteiger partial charge in [-0.05, 0) is 50.2 Å². The Morgan fingerprint density at radius 1 is 1.24 bits per heavy atom. The van der Waals surface area contributed by atoms with Gasteiger partial charge < -0.3 is 20.7 Å². The van der Waals surface area contributed by atoms with Crippen molar-refractivity contribution in [3.8, 4) is 5.75 Å². The zero-order valence-corrected chi connectivity index (χ0v) is 13.8. The van der Waals surface area contributed by atoms with E-state index in [4.69, 9.17) is 4.74 Å². The Kier molecular flexibility index (Phi) is 4.56. The van der Waals surface area contributed by atoms with E-state index in [2.05, 4.69) is 16.0 Å². The molecule has 0 saturated carbocycles. The predicted octanol–water partition coefficient (Wildman–Crippen LogP) is 2.98. The van der Waals surface area contributed by atoms with Crippen molar-refractivity contribution in [3.05, 3.63) is 48.3 Å². The lowest BCUT2D eigenvalue weighted by molar-refractivity contribution is -0.122. The van der Waals surface area contributed by atoms with Crippen LogP contribution in [0.1, 0.15) is 13.8 Å². The SMILES string of the molecule is CC(Nc1ccc2c(c1)NC(=O)C(C)O2)C(=O)Nc1cccc(F)c1. The predicted molar refractivity (Wildman–Crippen MR) is 93.3 cm³/mol. The number of carbonyl (C=O) groups is 2. The summed E-state index contributed by atoms with van der Waals surface area (Å²) in [7, 11) is 0. The summed E-state index contributed by atoms with van der Waals surface area (Å²) in [5.74, 6) is -0.369. The molecule has 0 aromatic heterocycles. The average molecular weight is 343 g/mol. The van der Waals surface area contributed by atoms with Crippen molar-refractivity contribution in [2.24, 2.45) is 0 Å². The molecule has 6 nitrogen and oxygen atoms in total. The van der Waals surface area contributed by atoms with Crippen molar-refractivity contribution in [1.29, 1.82) is 0 Å². The van der Waals surface area contributed by atoms with Crippen LogP contribution in [0.25, 0.3) is 0 Å². The van der Waals surface area contributed by atoms with Gasteiger partial charge in [-0.2, -0.15) is 0 Å². The minimum atomic E-state index is -0.569. The molecule has 0 saturated heterocycles. The van der Waals surface area contributed by atoms with Gasteiger partial charge in [-0.1, -0.05) is 6.07 Å². The molecule has 1 aliphatic rings. The first-order valence-corrected chi connectivity index (χ1v) is 7.87. The van der Waals surface area contributed by atoms with Gasteiger partial charge in [-0.15, -0.1) is 0 Å². The third kappa shape index (κ3) is 3.88. The number of hydrogen-bond acceptors (Lipinski definition) is 4. The van der Waals surface area contributed by atoms with E-state index < -0.39 is 18.0 Å². The highest BCUT2D eigenvalue weighted by Gasteiger charge is 2.24. The standard InChI is InChI=1S/C18H18FN3O3/c1-10(17(23)21-13-5-3-4-12(19)8-13)20-14-6-7-16-15(9-14)22-18(24)11(2)25-16/h3-11,20H,1-2H3,(H,21,23)(H,22,24). The lowest BCUT2D eigenvalue weighted by atomic mass is 10.2. The molecule has 2 unspecified atom stereocenters. The Balaban J connectivity index is 1.66. The normalized spacial score (nSPS) is 16.9. The average Bonchev–Trinajstić information content (AvgIpc) is 2.56. The van der Waals surface area contributed by atoms with Crippen LogP contribution in [0.5, 0.6) is 5.75 Å². The van der Waals surface area contributed by atoms with Crippen LogP contribution in [-0.4, -0.2) is 24.0 Å². The second-order valence-corrected chi connectivity index (χ2v) is 5.83. The first kappa shape index (κ1) is 16.8. The van der Waals surface area contributed by atoms with Crippen LogP contribution in [0.3, 0.4) is 0 Å². The summed E-state index contributed by atoms with van der Waals surface area (Å²) in [6.45, 7) is 3.36. The number of fused-ring (bicyclic) bond motifs is 1. The number of benzene rings is 2. The second-order valence-electron chi connectivity index (χ2n) is 5.83. The molecule has 0 spiro atoms. The summed E-state index contributed by atoms with van der Waals surface area (Å²) in [4.78, 5) is 23.9. The smallest absolute Gasteiger partial charge is 0.265 e. The van der Waals surface area contributed by atoms with Gasteiger partial charge >= 0.3 is 0 Å². The molecule has 2 atom stereocenters. The fourth-order valence-electron chi connectivity index (χ4n) is 2.43. The molecule has 0 radical (unpaired) electrons. The molecule has 0 aliphatic carbocycles. The molecular weight excluding hydrogens is 325 g/mol. The molecule has 2 aromatic rings. The maximum Gasteiger partial charge on any atom is 0.265 e. The number of amides is 2. The van der Waals surface area contributed by atoms with Crippen LogP contribution >= 0.6 is 0 Å². The maximum absolute atomic E-state index is 13.2. The summed E-state index contributed by atoms with van der Waals surface area (Å²) < 4.78 is 18.7. The lowest BCUT2D eigenvalue weighted by Gasteiger charge is -2.24. The fraction of sp³-hybridized carbons (Fsp3) is 0.222. The monoisotopic (exact) mass is 343 g/mol. The molecule has 25 heavy (non-hydrogen) atoms. The lowest BCUT2D eigenvalue weighted by Crippen LogP contribution is -2.34. The Bertz CT molecular complexity index is 825. The minimum absolute atomic E-state index is 0.221. The Morgan fingerprint density at radius 3 is 2.80 bits per heavy atom. The molecule has 1 aliphatic heterocycles. The third-order valence-electron chi connectivity index (χ3n) is 3.78. The van der Waals surface area contributed by atoms with Gasteiger partial charge in [-0.25, -0.2) is 4.39 Å². The molecule has 1 heterocycles. The summed E-state index contributed by atoms with van der Waals surface area (Å²) in [6, 6.07) is 10.3. The van der Waals surface area contributed by atoms with Crippen molar-refractivity contribution >= 4 is 28.9 Å². The Morgan fingerprint density at radius 2 is 2.04 bits per heavy atom. The molecular formula is C18H18FN3O3. The van der Waals surface area contributed by atoms with Crippen molar-refractivity contribution in [2.45, 2.75) is 26.0 Å². The van der Waals surface area contributed by atoms with Gasteiger partial charge in [0.2, 0.25) is 5.91 Å². The van der Waals surface area contributed by atoms with E-state index in [0.29, 0.717) is 22.8 Å². The van der Waals surface area contributed by atoms with Crippen LogP contribution in [-0.2, 0) is 9.59 Å². The molecule has 3 N–H and O–H groups in total. The van der Waals surface area contributed by atoms with Gasteiger partial charge in [0.15, 0.2) is 6.10 Å². The van der Waals surface area contributed by atoms with Gasteiger partial charge in [-0.3, -0.25) is 9.59 Å². The van der Waals surface area contributed by atoms with Crippen LogP contribution in [0.2, 0.25) is 0 Å². The minimum Gasteiger partial charge on any atom is -0.479 e. The van der Waals surface area contributed by atoms with E-state index in [1.807, 2.05) is 0 Å². The molecule has 2 amide bonds. The maximum atomic E-state index is 13.2. The first-order chi connectivity index (χ1) is 11.9. The third-order valence-corrected chi connectivity index (χ3v) is 3.78. The molecule has 3 rings (SSSR count). The van der Waals surface area contributed by atoms with Crippen molar-refractivity contribution in [2.75, 3.05) is 16.0 Å². The van der Waals surface area contributed by atoms with Crippen molar-refractivity contribution < 1.29 is 18.7 Å². The number of anilines is 3. The van der Waals surface area contributed by atoms with Crippen LogP contribution < -0.4 is 20.7 Å². The van der Waals surface area contributed by atoms with E-state index in [0.717, 1.165) is 0 Å². The molecule has 0 bridgehead atoms. The number of halogens is 1. The number of carbonyl (C=O) groups excluding carboxylic acids is 2. The van der Waals surface area contributed by atoms with Crippen LogP contribution in [0, 0.1) is 5.82 Å². The van der Waals surface area contributed by atoms with Gasteiger partial charge in [0.05, 0.1) is 5.69 Å². The summed E-state index contributed by atoms with van der Waals surface area (Å²) in [5, 5.41) is 8.43. The van der Waals surface area contributed by atoms with Crippen LogP contribution in [0.4, 0.5) is 21.5 Å². The summed E-state index contributed by atoms with van der Waals surface area (Å²) in [5.41, 5.74) is 1.59. The molecule has 0 fully saturated rings. The topological polar surface area (TPSA) is 79.5 Å². The molecule has 130 valence electrons. The van der Waals surface area contributed by atoms with E-state index in [1.54, 1.807) is 38.1 Å². The fourth-order valence-corrected chi connectivity index (χ4v) is 2.43.